The van der Waals surface area contributed by atoms with E-state index in [9.17, 15) is 18.0 Å². The minimum atomic E-state index is -3.71. The van der Waals surface area contributed by atoms with Crippen molar-refractivity contribution >= 4 is 51.1 Å². The normalized spacial score (nSPS) is 12.6. The average Bonchev–Trinajstić information content (AvgIpc) is 3.30. The van der Waals surface area contributed by atoms with Gasteiger partial charge in [-0.15, -0.1) is 0 Å². The third kappa shape index (κ3) is 6.63. The molecule has 36 heavy (non-hydrogen) atoms. The van der Waals surface area contributed by atoms with Crippen LogP contribution in [0.3, 0.4) is 0 Å². The molecule has 1 atom stereocenters. The summed E-state index contributed by atoms with van der Waals surface area (Å²) in [5.74, 6) is -0.467. The van der Waals surface area contributed by atoms with Crippen LogP contribution in [0, 0.1) is 0 Å². The number of nitrogens with zero attached hydrogens (tertiary/aromatic N) is 2. The number of hydrogen-bond donors (Lipinski definition) is 1. The van der Waals surface area contributed by atoms with Crippen LogP contribution in [0.2, 0.25) is 10.0 Å². The molecule has 1 unspecified atom stereocenters. The van der Waals surface area contributed by atoms with Gasteiger partial charge in [-0.2, -0.15) is 8.42 Å². The van der Waals surface area contributed by atoms with Gasteiger partial charge >= 0.3 is 0 Å². The van der Waals surface area contributed by atoms with E-state index in [0.717, 1.165) is 11.8 Å². The summed E-state index contributed by atoms with van der Waals surface area (Å²) >= 11 is 12.7. The fraction of sp³-hybridized carbons (Fsp3) is 0.200. The number of aromatic nitrogens is 1. The van der Waals surface area contributed by atoms with E-state index in [-0.39, 0.29) is 33.9 Å². The molecule has 1 amide bonds. The summed E-state index contributed by atoms with van der Waals surface area (Å²) in [4.78, 5) is 26.4. The lowest BCUT2D eigenvalue weighted by Crippen LogP contribution is -2.22. The van der Waals surface area contributed by atoms with Crippen molar-refractivity contribution < 1.29 is 22.2 Å². The molecule has 0 aliphatic rings. The highest BCUT2D eigenvalue weighted by Gasteiger charge is 2.21. The van der Waals surface area contributed by atoms with E-state index < -0.39 is 16.2 Å². The first kappa shape index (κ1) is 27.6. The lowest BCUT2D eigenvalue weighted by Gasteiger charge is -2.17. The minimum Gasteiger partial charge on any atom is -0.345 e. The Hall–Kier alpha value is -2.95. The van der Waals surface area contributed by atoms with E-state index >= 15 is 0 Å². The summed E-state index contributed by atoms with van der Waals surface area (Å²) in [6.07, 6.45) is 5.61. The maximum atomic E-state index is 12.9. The minimum absolute atomic E-state index is 0.115. The van der Waals surface area contributed by atoms with Gasteiger partial charge in [-0.3, -0.25) is 13.8 Å². The molecule has 11 heteroatoms. The zero-order valence-electron chi connectivity index (χ0n) is 19.8. The van der Waals surface area contributed by atoms with Crippen molar-refractivity contribution in [3.05, 3.63) is 93.2 Å². The largest absolute Gasteiger partial charge is 0.345 e. The highest BCUT2D eigenvalue weighted by atomic mass is 35.5. The second-order valence-corrected chi connectivity index (χ2v) is 10.6. The second-order valence-electron chi connectivity index (χ2n) is 8.16. The predicted molar refractivity (Wildman–Crippen MR) is 141 cm³/mol. The Morgan fingerprint density at radius 2 is 1.78 bits per heavy atom. The van der Waals surface area contributed by atoms with Gasteiger partial charge in [0.1, 0.15) is 6.04 Å². The summed E-state index contributed by atoms with van der Waals surface area (Å²) in [6.45, 7) is -0.340. The first-order valence-corrected chi connectivity index (χ1v) is 13.2. The van der Waals surface area contributed by atoms with Gasteiger partial charge in [0.15, 0.2) is 5.78 Å². The molecule has 3 rings (SSSR count). The van der Waals surface area contributed by atoms with Crippen molar-refractivity contribution in [2.45, 2.75) is 12.6 Å². The molecule has 0 fully saturated rings. The Morgan fingerprint density at radius 1 is 1.11 bits per heavy atom. The lowest BCUT2D eigenvalue weighted by atomic mass is 10.1. The SMILES string of the molecule is CN(C)C(=O)c1ccc(/C=C/C(=O)C(N)c2cccn2-c2ccc(Cl)c(COS(C)(=O)=O)c2Cl)cc1. The van der Waals surface area contributed by atoms with Crippen LogP contribution >= 0.6 is 23.2 Å². The molecule has 1 heterocycles. The molecule has 0 saturated carbocycles. The Kier molecular flexibility index (Phi) is 8.76. The Bertz CT molecular complexity index is 1410. The molecule has 0 radical (unpaired) electrons. The summed E-state index contributed by atoms with van der Waals surface area (Å²) in [5.41, 5.74) is 8.76. The van der Waals surface area contributed by atoms with Gasteiger partial charge in [0.2, 0.25) is 0 Å². The molecule has 8 nitrogen and oxygen atoms in total. The van der Waals surface area contributed by atoms with Crippen LogP contribution in [0.5, 0.6) is 0 Å². The van der Waals surface area contributed by atoms with E-state index in [1.165, 1.54) is 11.0 Å². The standard InChI is InChI=1S/C25H25Cl2N3O5S/c1-29(2)25(32)17-9-6-16(7-10-17)8-13-22(31)24(28)21-5-4-14-30(21)20-12-11-19(26)18(23(20)27)15-35-36(3,33)34/h4-14,24H,15,28H2,1-3H3/b13-8+. The van der Waals surface area contributed by atoms with Crippen molar-refractivity contribution in [2.24, 2.45) is 5.73 Å². The first-order valence-electron chi connectivity index (χ1n) is 10.7. The van der Waals surface area contributed by atoms with Crippen LogP contribution in [0.15, 0.2) is 60.8 Å². The quantitative estimate of drug-likeness (QED) is 0.315. The van der Waals surface area contributed by atoms with Gasteiger partial charge < -0.3 is 15.2 Å². The molecular weight excluding hydrogens is 525 g/mol. The zero-order chi connectivity index (χ0) is 26.6. The Balaban J connectivity index is 1.83. The summed E-state index contributed by atoms with van der Waals surface area (Å²) in [6, 6.07) is 12.4. The van der Waals surface area contributed by atoms with Crippen molar-refractivity contribution in [2.75, 3.05) is 20.4 Å². The number of benzene rings is 2. The van der Waals surface area contributed by atoms with Crippen LogP contribution in [-0.2, 0) is 25.7 Å². The average molecular weight is 550 g/mol. The first-order chi connectivity index (χ1) is 16.9. The lowest BCUT2D eigenvalue weighted by molar-refractivity contribution is -0.115. The fourth-order valence-electron chi connectivity index (χ4n) is 3.36. The van der Waals surface area contributed by atoms with Crippen molar-refractivity contribution in [1.82, 2.24) is 9.47 Å². The van der Waals surface area contributed by atoms with Gasteiger partial charge in [0.25, 0.3) is 16.0 Å². The van der Waals surface area contributed by atoms with Gasteiger partial charge in [-0.1, -0.05) is 41.4 Å². The second kappa shape index (κ2) is 11.4. The molecule has 2 N–H and O–H groups in total. The number of hydrogen-bond acceptors (Lipinski definition) is 6. The Labute approximate surface area is 220 Å². The molecule has 0 saturated heterocycles. The van der Waals surface area contributed by atoms with E-state index in [0.29, 0.717) is 16.9 Å². The smallest absolute Gasteiger partial charge is 0.264 e. The van der Waals surface area contributed by atoms with E-state index in [2.05, 4.69) is 0 Å². The molecule has 1 aromatic heterocycles. The zero-order valence-corrected chi connectivity index (χ0v) is 22.1. The summed E-state index contributed by atoms with van der Waals surface area (Å²) < 4.78 is 29.3. The number of halogens is 2. The fourth-order valence-corrected chi connectivity index (χ4v) is 4.26. The molecule has 0 aliphatic heterocycles. The number of carbonyl (C=O) groups is 2. The number of nitrogens with two attached hydrogens (primary N) is 1. The molecular formula is C25H25Cl2N3O5S. The Morgan fingerprint density at radius 3 is 2.39 bits per heavy atom. The number of amides is 1. The van der Waals surface area contributed by atoms with Gasteiger partial charge in [0, 0.05) is 42.1 Å². The molecule has 0 spiro atoms. The monoisotopic (exact) mass is 549 g/mol. The van der Waals surface area contributed by atoms with Crippen molar-refractivity contribution in [3.63, 3.8) is 0 Å². The highest BCUT2D eigenvalue weighted by Crippen LogP contribution is 2.33. The number of ketones is 1. The molecule has 190 valence electrons. The highest BCUT2D eigenvalue weighted by molar-refractivity contribution is 7.85. The predicted octanol–water partition coefficient (Wildman–Crippen LogP) is 4.24. The van der Waals surface area contributed by atoms with Crippen molar-refractivity contribution in [3.8, 4) is 5.69 Å². The van der Waals surface area contributed by atoms with Crippen LogP contribution in [0.25, 0.3) is 11.8 Å². The van der Waals surface area contributed by atoms with Gasteiger partial charge in [0.05, 0.1) is 23.6 Å². The number of rotatable bonds is 9. The number of carbonyl (C=O) groups excluding carboxylic acids is 2. The van der Waals surface area contributed by atoms with E-state index in [1.54, 1.807) is 79.5 Å². The van der Waals surface area contributed by atoms with Crippen LogP contribution in [0.4, 0.5) is 0 Å². The maximum absolute atomic E-state index is 12.9. The summed E-state index contributed by atoms with van der Waals surface area (Å²) in [5, 5.41) is 0.411. The molecule has 0 aliphatic carbocycles. The van der Waals surface area contributed by atoms with E-state index in [4.69, 9.17) is 33.1 Å². The van der Waals surface area contributed by atoms with Crippen LogP contribution in [0.1, 0.15) is 33.2 Å². The van der Waals surface area contributed by atoms with Crippen molar-refractivity contribution in [1.29, 1.82) is 0 Å². The van der Waals surface area contributed by atoms with Crippen LogP contribution < -0.4 is 5.73 Å². The summed E-state index contributed by atoms with van der Waals surface area (Å²) in [7, 11) is -0.362. The molecule has 0 bridgehead atoms. The topological polar surface area (TPSA) is 112 Å². The third-order valence-corrected chi connectivity index (χ3v) is 6.57. The van der Waals surface area contributed by atoms with Crippen LogP contribution in [-0.4, -0.2) is 49.9 Å². The molecule has 2 aromatic carbocycles. The van der Waals surface area contributed by atoms with E-state index in [1.807, 2.05) is 0 Å². The maximum Gasteiger partial charge on any atom is 0.264 e. The van der Waals surface area contributed by atoms with Gasteiger partial charge in [-0.05, 0) is 48.0 Å². The molecule has 3 aromatic rings. The third-order valence-electron chi connectivity index (χ3n) is 5.25. The van der Waals surface area contributed by atoms with Gasteiger partial charge in [-0.25, -0.2) is 0 Å².